The molecule has 0 amide bonds. The largest absolute Gasteiger partial charge is 0.413 e. The van der Waals surface area contributed by atoms with E-state index < -0.39 is 17.3 Å². The summed E-state index contributed by atoms with van der Waals surface area (Å²) in [6, 6.07) is 0. The van der Waals surface area contributed by atoms with Crippen LogP contribution in [0.25, 0.3) is 0 Å². The number of aromatic nitrogens is 2. The second-order valence-electron chi connectivity index (χ2n) is 1.92. The normalized spacial score (nSPS) is 10.6. The van der Waals surface area contributed by atoms with Crippen molar-refractivity contribution >= 4 is 11.5 Å². The van der Waals surface area contributed by atoms with Crippen molar-refractivity contribution in [2.24, 2.45) is 0 Å². The number of rotatable bonds is 2. The molecule has 2 N–H and O–H groups in total. The van der Waals surface area contributed by atoms with E-state index in [-0.39, 0.29) is 10.4 Å². The fraction of sp³-hybridized carbons (Fsp3) is 0.250. The molecule has 0 aliphatic carbocycles. The number of nitro groups is 1. The van der Waals surface area contributed by atoms with Crippen LogP contribution in [0, 0.1) is 10.1 Å². The average molecular weight is 178 g/mol. The van der Waals surface area contributed by atoms with Crippen molar-refractivity contribution in [1.82, 2.24) is 9.78 Å². The van der Waals surface area contributed by atoms with Crippen LogP contribution in [-0.4, -0.2) is 14.7 Å². The Labute approximate surface area is 64.7 Å². The summed E-state index contributed by atoms with van der Waals surface area (Å²) in [5, 5.41) is 13.0. The summed E-state index contributed by atoms with van der Waals surface area (Å²) in [4.78, 5) is 9.14. The Kier molecular flexibility index (Phi) is 1.90. The van der Waals surface area contributed by atoms with Crippen LogP contribution in [0.1, 0.15) is 6.55 Å². The van der Waals surface area contributed by atoms with Gasteiger partial charge in [0.1, 0.15) is 0 Å². The van der Waals surface area contributed by atoms with Crippen LogP contribution in [0.15, 0.2) is 6.20 Å². The minimum absolute atomic E-state index is 0.132. The van der Waals surface area contributed by atoms with Crippen LogP contribution in [0.2, 0.25) is 0 Å². The lowest BCUT2D eigenvalue weighted by Crippen LogP contribution is -1.99. The van der Waals surface area contributed by atoms with Crippen LogP contribution in [-0.2, 0) is 0 Å². The zero-order valence-electron chi connectivity index (χ0n) is 5.65. The quantitative estimate of drug-likeness (QED) is 0.535. The van der Waals surface area contributed by atoms with Crippen LogP contribution in [0.4, 0.5) is 20.3 Å². The smallest absolute Gasteiger partial charge is 0.390 e. The van der Waals surface area contributed by atoms with Gasteiger partial charge in [-0.1, -0.05) is 0 Å². The molecule has 0 unspecified atom stereocenters. The molecule has 8 heteroatoms. The molecule has 0 aliphatic rings. The van der Waals surface area contributed by atoms with Crippen LogP contribution in [0.3, 0.4) is 0 Å². The van der Waals surface area contributed by atoms with Gasteiger partial charge in [0.25, 0.3) is 0 Å². The second-order valence-corrected chi connectivity index (χ2v) is 1.92. The van der Waals surface area contributed by atoms with Crippen LogP contribution >= 0.6 is 0 Å². The summed E-state index contributed by atoms with van der Waals surface area (Å²) in [7, 11) is 0. The monoisotopic (exact) mass is 178 g/mol. The van der Waals surface area contributed by atoms with Gasteiger partial charge in [0.2, 0.25) is 0 Å². The molecule has 0 atom stereocenters. The highest BCUT2D eigenvalue weighted by Crippen LogP contribution is 2.21. The van der Waals surface area contributed by atoms with E-state index >= 15 is 0 Å². The zero-order chi connectivity index (χ0) is 9.30. The highest BCUT2D eigenvalue weighted by Gasteiger charge is 2.22. The van der Waals surface area contributed by atoms with Gasteiger partial charge in [-0.25, -0.2) is 0 Å². The van der Waals surface area contributed by atoms with E-state index in [0.29, 0.717) is 6.20 Å². The third-order valence-electron chi connectivity index (χ3n) is 1.11. The summed E-state index contributed by atoms with van der Waals surface area (Å²) >= 11 is 0. The van der Waals surface area contributed by atoms with E-state index in [1.807, 2.05) is 0 Å². The molecule has 0 saturated carbocycles. The fourth-order valence-electron chi connectivity index (χ4n) is 0.638. The number of anilines is 1. The van der Waals surface area contributed by atoms with Crippen molar-refractivity contribution in [2.45, 2.75) is 6.55 Å². The number of hydrogen-bond acceptors (Lipinski definition) is 4. The van der Waals surface area contributed by atoms with Crippen molar-refractivity contribution in [3.8, 4) is 0 Å². The van der Waals surface area contributed by atoms with Crippen molar-refractivity contribution in [2.75, 3.05) is 5.73 Å². The molecule has 0 aromatic carbocycles. The van der Waals surface area contributed by atoms with Gasteiger partial charge in [-0.2, -0.15) is 8.78 Å². The maximum Gasteiger partial charge on any atom is 0.413 e. The van der Waals surface area contributed by atoms with E-state index in [9.17, 15) is 18.9 Å². The molecule has 0 spiro atoms. The lowest BCUT2D eigenvalue weighted by atomic mass is 10.5. The van der Waals surface area contributed by atoms with Crippen molar-refractivity contribution < 1.29 is 13.7 Å². The maximum absolute atomic E-state index is 11.8. The standard InChI is InChI=1S/C4H4F2N4O2/c5-4(6)9-1-2(7)3(8-9)10(11)12/h1,4H,7H2. The molecule has 1 rings (SSSR count). The van der Waals surface area contributed by atoms with Gasteiger partial charge in [-0.15, -0.1) is 4.68 Å². The Morgan fingerprint density at radius 1 is 1.75 bits per heavy atom. The SMILES string of the molecule is Nc1cn(C(F)F)nc1[N+](=O)[O-]. The van der Waals surface area contributed by atoms with Gasteiger partial charge in [0, 0.05) is 0 Å². The molecule has 1 heterocycles. The lowest BCUT2D eigenvalue weighted by Gasteiger charge is -1.88. The average Bonchev–Trinajstić information content (AvgIpc) is 2.30. The zero-order valence-corrected chi connectivity index (χ0v) is 5.65. The summed E-state index contributed by atoms with van der Waals surface area (Å²) in [5.41, 5.74) is 4.65. The molecule has 0 aliphatic heterocycles. The molecule has 6 nitrogen and oxygen atoms in total. The van der Waals surface area contributed by atoms with E-state index in [2.05, 4.69) is 5.10 Å². The second kappa shape index (κ2) is 2.72. The van der Waals surface area contributed by atoms with E-state index in [1.54, 1.807) is 0 Å². The number of nitrogens with zero attached hydrogens (tertiary/aromatic N) is 3. The molecule has 66 valence electrons. The topological polar surface area (TPSA) is 87.0 Å². The number of alkyl halides is 2. The summed E-state index contributed by atoms with van der Waals surface area (Å²) in [5.74, 6) is -0.754. The molecular formula is C4H4F2N4O2. The van der Waals surface area contributed by atoms with E-state index in [0.717, 1.165) is 0 Å². The van der Waals surface area contributed by atoms with Crippen molar-refractivity contribution in [1.29, 1.82) is 0 Å². The van der Waals surface area contributed by atoms with Crippen molar-refractivity contribution in [3.05, 3.63) is 16.3 Å². The maximum atomic E-state index is 11.8. The molecule has 0 radical (unpaired) electrons. The Morgan fingerprint density at radius 3 is 2.58 bits per heavy atom. The molecule has 0 saturated heterocycles. The van der Waals surface area contributed by atoms with Gasteiger partial charge in [0.05, 0.1) is 11.3 Å². The lowest BCUT2D eigenvalue weighted by molar-refractivity contribution is -0.389. The number of halogens is 2. The summed E-state index contributed by atoms with van der Waals surface area (Å²) in [6.45, 7) is -2.92. The predicted octanol–water partition coefficient (Wildman–Crippen LogP) is 0.769. The van der Waals surface area contributed by atoms with Gasteiger partial charge in [0.15, 0.2) is 5.69 Å². The minimum atomic E-state index is -2.92. The van der Waals surface area contributed by atoms with Crippen molar-refractivity contribution in [3.63, 3.8) is 0 Å². The Hall–Kier alpha value is -1.73. The van der Waals surface area contributed by atoms with Gasteiger partial charge >= 0.3 is 12.4 Å². The van der Waals surface area contributed by atoms with Crippen LogP contribution in [0.5, 0.6) is 0 Å². The highest BCUT2D eigenvalue weighted by atomic mass is 19.3. The summed E-state index contributed by atoms with van der Waals surface area (Å²) in [6.07, 6.45) is 0.711. The first-order valence-corrected chi connectivity index (χ1v) is 2.79. The number of nitrogen functional groups attached to an aromatic ring is 1. The first-order valence-electron chi connectivity index (χ1n) is 2.79. The van der Waals surface area contributed by atoms with Gasteiger partial charge < -0.3 is 15.8 Å². The molecular weight excluding hydrogens is 174 g/mol. The third kappa shape index (κ3) is 1.31. The number of nitrogens with two attached hydrogens (primary N) is 1. The molecule has 12 heavy (non-hydrogen) atoms. The third-order valence-corrected chi connectivity index (χ3v) is 1.11. The minimum Gasteiger partial charge on any atom is -0.390 e. The molecule has 0 fully saturated rings. The van der Waals surface area contributed by atoms with Gasteiger partial charge in [-0.3, -0.25) is 0 Å². The summed E-state index contributed by atoms with van der Waals surface area (Å²) < 4.78 is 23.8. The number of hydrogen-bond donors (Lipinski definition) is 1. The molecule has 0 bridgehead atoms. The van der Waals surface area contributed by atoms with E-state index in [1.165, 1.54) is 0 Å². The molecule has 1 aromatic rings. The van der Waals surface area contributed by atoms with Gasteiger partial charge in [-0.05, 0) is 4.92 Å². The Bertz CT molecular complexity index is 310. The van der Waals surface area contributed by atoms with E-state index in [4.69, 9.17) is 5.73 Å². The Morgan fingerprint density at radius 2 is 2.33 bits per heavy atom. The first-order chi connectivity index (χ1) is 5.52. The first kappa shape index (κ1) is 8.37. The van der Waals surface area contributed by atoms with Crippen LogP contribution < -0.4 is 5.73 Å². The predicted molar refractivity (Wildman–Crippen MR) is 34.5 cm³/mol. The highest BCUT2D eigenvalue weighted by molar-refractivity contribution is 5.51. The Balaban J connectivity index is 3.09. The fourth-order valence-corrected chi connectivity index (χ4v) is 0.638. The molecule has 1 aromatic heterocycles.